The molecule has 2 N–H and O–H groups in total. The molecule has 4 amide bonds. The number of hydrogen-bond acceptors (Lipinski definition) is 10. The monoisotopic (exact) mass is 1030 g/mol. The largest absolute Gasteiger partial charge is 0.493 e. The third-order valence-corrected chi connectivity index (χ3v) is 14.0. The van der Waals surface area contributed by atoms with Gasteiger partial charge in [0, 0.05) is 80.3 Å². The van der Waals surface area contributed by atoms with Crippen LogP contribution in [0.4, 0.5) is 4.39 Å². The summed E-state index contributed by atoms with van der Waals surface area (Å²) in [4.78, 5) is 74.9. The van der Waals surface area contributed by atoms with E-state index in [0.29, 0.717) is 92.0 Å². The number of aromatic nitrogens is 5. The minimum absolute atomic E-state index is 0.0155. The number of nitrogens with zero attached hydrogens (tertiary/aromatic N) is 7. The Balaban J connectivity index is 0.00000360. The van der Waals surface area contributed by atoms with Gasteiger partial charge in [-0.25, -0.2) is 14.2 Å². The van der Waals surface area contributed by atoms with E-state index in [0.717, 1.165) is 49.8 Å². The predicted octanol–water partition coefficient (Wildman–Crippen LogP) is 8.63. The van der Waals surface area contributed by atoms with Gasteiger partial charge in [0.25, 0.3) is 5.91 Å². The van der Waals surface area contributed by atoms with Crippen molar-refractivity contribution < 1.29 is 37.8 Å². The third kappa shape index (κ3) is 11.0. The molecule has 4 aromatic carbocycles. The number of imide groups is 1. The SMILES string of the molecule is CC.Cc1nn(C)c(C)c1-c1c(Cl)ccc2c(CCCOc3cccc4cc(F)ccc34)c(C(=O)OC(C)(C)C)n(CCN3CCN(C(=O)Cn4c(C)nc5c(C(=O)NC6CCC(=O)NC6=O)cccc54)CC3)c12. The van der Waals surface area contributed by atoms with E-state index in [-0.39, 0.29) is 42.6 Å². The molecule has 2 aliphatic rings. The van der Waals surface area contributed by atoms with Crippen LogP contribution in [0.5, 0.6) is 5.75 Å². The lowest BCUT2D eigenvalue weighted by Crippen LogP contribution is -2.52. The van der Waals surface area contributed by atoms with Gasteiger partial charge in [0.15, 0.2) is 0 Å². The molecule has 2 fully saturated rings. The molecular formula is C56H65ClFN9O7. The molecule has 2 aliphatic heterocycles. The number of carbonyl (C=O) groups is 5. The summed E-state index contributed by atoms with van der Waals surface area (Å²) in [5, 5.41) is 12.7. The first kappa shape index (κ1) is 53.2. The topological polar surface area (TPSA) is 175 Å². The van der Waals surface area contributed by atoms with Crippen LogP contribution in [-0.2, 0) is 45.7 Å². The van der Waals surface area contributed by atoms with E-state index < -0.39 is 29.4 Å². The first-order valence-electron chi connectivity index (χ1n) is 25.4. The van der Waals surface area contributed by atoms with Crippen molar-refractivity contribution in [1.29, 1.82) is 0 Å². The van der Waals surface area contributed by atoms with Crippen molar-refractivity contribution in [2.45, 2.75) is 106 Å². The van der Waals surface area contributed by atoms with Crippen molar-refractivity contribution in [2.75, 3.05) is 39.3 Å². The molecule has 0 saturated carbocycles. The molecule has 7 aromatic rings. The zero-order chi connectivity index (χ0) is 53.2. The summed E-state index contributed by atoms with van der Waals surface area (Å²) in [6.45, 7) is 18.7. The second-order valence-corrected chi connectivity index (χ2v) is 20.1. The van der Waals surface area contributed by atoms with Gasteiger partial charge in [0.1, 0.15) is 46.8 Å². The fourth-order valence-electron chi connectivity index (χ4n) is 10.1. The molecule has 0 spiro atoms. The van der Waals surface area contributed by atoms with E-state index in [1.807, 2.05) is 101 Å². The molecule has 5 heterocycles. The number of ether oxygens (including phenoxy) is 2. The fraction of sp³-hybridized carbons (Fsp3) is 0.411. The molecule has 0 aliphatic carbocycles. The molecule has 2 saturated heterocycles. The standard InChI is InChI=1S/C54H59ClFN9O7.C2H6/c1-31-46(32(2)61(7)60-31)47-40(55)19-18-38-37(13-10-28-71-43-15-8-11-34-29-35(56)16-17-36(34)43)50(53(70)72-54(4,5)6)64(49(38)47)27-24-62-22-25-63(26-23-62)45(67)30-65-33(3)57-48-39(12-9-14-42(48)65)51(68)58-41-20-21-44(66)59-52(41)69;1-2/h8-9,11-12,14-19,29,41H,10,13,20-28,30H2,1-7H3,(H,58,68)(H,59,66,69);1-2H3. The average molecular weight is 1030 g/mol. The molecule has 1 unspecified atom stereocenters. The quantitative estimate of drug-likeness (QED) is 0.0610. The van der Waals surface area contributed by atoms with Crippen LogP contribution in [-0.4, -0.2) is 114 Å². The number of para-hydroxylation sites is 1. The van der Waals surface area contributed by atoms with Gasteiger partial charge in [-0.15, -0.1) is 0 Å². The van der Waals surface area contributed by atoms with Crippen LogP contribution in [0.15, 0.2) is 66.7 Å². The maximum Gasteiger partial charge on any atom is 0.355 e. The molecule has 9 rings (SSSR count). The van der Waals surface area contributed by atoms with Crippen molar-refractivity contribution in [1.82, 2.24) is 44.3 Å². The van der Waals surface area contributed by atoms with Crippen LogP contribution in [0.1, 0.15) is 97.5 Å². The Kier molecular flexibility index (Phi) is 15.9. The summed E-state index contributed by atoms with van der Waals surface area (Å²) in [6.07, 6.45) is 1.37. The first-order valence-corrected chi connectivity index (χ1v) is 25.7. The molecule has 18 heteroatoms. The lowest BCUT2D eigenvalue weighted by atomic mass is 9.98. The average Bonchev–Trinajstić information content (AvgIpc) is 3.95. The highest BCUT2D eigenvalue weighted by atomic mass is 35.5. The van der Waals surface area contributed by atoms with E-state index in [1.54, 1.807) is 29.7 Å². The number of nitrogens with one attached hydrogen (secondary N) is 2. The van der Waals surface area contributed by atoms with Gasteiger partial charge in [0.2, 0.25) is 17.7 Å². The van der Waals surface area contributed by atoms with Crippen LogP contribution in [0, 0.1) is 26.6 Å². The fourth-order valence-corrected chi connectivity index (χ4v) is 10.3. The first-order chi connectivity index (χ1) is 35.4. The maximum absolute atomic E-state index is 14.7. The number of benzene rings is 4. The van der Waals surface area contributed by atoms with Gasteiger partial charge < -0.3 is 28.8 Å². The highest BCUT2D eigenvalue weighted by Gasteiger charge is 2.33. The predicted molar refractivity (Wildman–Crippen MR) is 284 cm³/mol. The second-order valence-electron chi connectivity index (χ2n) is 19.7. The second kappa shape index (κ2) is 22.2. The van der Waals surface area contributed by atoms with Crippen molar-refractivity contribution >= 4 is 73.9 Å². The van der Waals surface area contributed by atoms with Gasteiger partial charge in [-0.1, -0.05) is 49.7 Å². The zero-order valence-electron chi connectivity index (χ0n) is 43.7. The number of rotatable bonds is 14. The van der Waals surface area contributed by atoms with Crippen molar-refractivity contribution in [3.05, 3.63) is 112 Å². The van der Waals surface area contributed by atoms with Crippen LogP contribution in [0.3, 0.4) is 0 Å². The van der Waals surface area contributed by atoms with E-state index in [4.69, 9.17) is 26.2 Å². The molecule has 390 valence electrons. The lowest BCUT2D eigenvalue weighted by molar-refractivity contribution is -0.135. The number of carbonyl (C=O) groups excluding carboxylic acids is 5. The summed E-state index contributed by atoms with van der Waals surface area (Å²) in [7, 11) is 1.90. The van der Waals surface area contributed by atoms with Gasteiger partial charge in [0.05, 0.1) is 33.9 Å². The number of fused-ring (bicyclic) bond motifs is 3. The van der Waals surface area contributed by atoms with E-state index in [2.05, 4.69) is 25.1 Å². The Hall–Kier alpha value is -7.11. The van der Waals surface area contributed by atoms with Crippen molar-refractivity contribution in [3.63, 3.8) is 0 Å². The van der Waals surface area contributed by atoms with Gasteiger partial charge in [-0.2, -0.15) is 5.10 Å². The number of amides is 4. The molecule has 3 aromatic heterocycles. The minimum Gasteiger partial charge on any atom is -0.493 e. The highest BCUT2D eigenvalue weighted by Crippen LogP contribution is 2.42. The third-order valence-electron chi connectivity index (χ3n) is 13.7. The van der Waals surface area contributed by atoms with Gasteiger partial charge in [-0.05, 0) is 114 Å². The highest BCUT2D eigenvalue weighted by molar-refractivity contribution is 6.35. The summed E-state index contributed by atoms with van der Waals surface area (Å²) in [5.74, 6) is -1.06. The molecular weight excluding hydrogens is 965 g/mol. The van der Waals surface area contributed by atoms with Crippen molar-refractivity contribution in [3.8, 4) is 16.9 Å². The minimum atomic E-state index is -0.841. The number of aryl methyl sites for hydroxylation is 4. The Morgan fingerprint density at radius 1 is 0.905 bits per heavy atom. The van der Waals surface area contributed by atoms with Crippen LogP contribution >= 0.6 is 11.6 Å². The van der Waals surface area contributed by atoms with Crippen LogP contribution in [0.2, 0.25) is 5.02 Å². The van der Waals surface area contributed by atoms with Gasteiger partial charge in [-0.3, -0.25) is 34.1 Å². The molecule has 16 nitrogen and oxygen atoms in total. The zero-order valence-corrected chi connectivity index (χ0v) is 44.4. The summed E-state index contributed by atoms with van der Waals surface area (Å²) in [5.41, 5.74) is 5.98. The smallest absolute Gasteiger partial charge is 0.355 e. The van der Waals surface area contributed by atoms with Gasteiger partial charge >= 0.3 is 5.97 Å². The molecule has 0 radical (unpaired) electrons. The molecule has 74 heavy (non-hydrogen) atoms. The number of piperazine rings is 1. The van der Waals surface area contributed by atoms with Crippen LogP contribution in [0.25, 0.3) is 43.8 Å². The number of hydrogen-bond donors (Lipinski definition) is 2. The molecule has 1 atom stereocenters. The lowest BCUT2D eigenvalue weighted by Gasteiger charge is -2.35. The number of halogens is 2. The maximum atomic E-state index is 14.7. The summed E-state index contributed by atoms with van der Waals surface area (Å²) < 4.78 is 32.3. The number of imidazole rings is 1. The normalized spacial score (nSPS) is 15.3. The summed E-state index contributed by atoms with van der Waals surface area (Å²) in [6, 6.07) is 18.4. The van der Waals surface area contributed by atoms with E-state index in [9.17, 15) is 28.4 Å². The number of esters is 1. The Labute approximate surface area is 435 Å². The van der Waals surface area contributed by atoms with Crippen LogP contribution < -0.4 is 15.4 Å². The Morgan fingerprint density at radius 3 is 2.34 bits per heavy atom. The Bertz CT molecular complexity index is 3310. The summed E-state index contributed by atoms with van der Waals surface area (Å²) >= 11 is 7.21. The molecule has 0 bridgehead atoms. The Morgan fingerprint density at radius 2 is 1.64 bits per heavy atom. The van der Waals surface area contributed by atoms with Crippen molar-refractivity contribution in [2.24, 2.45) is 7.05 Å². The number of piperidine rings is 1. The van der Waals surface area contributed by atoms with E-state index in [1.165, 1.54) is 12.1 Å². The van der Waals surface area contributed by atoms with E-state index >= 15 is 0 Å².